The Kier molecular flexibility index (Phi) is 10.3. The summed E-state index contributed by atoms with van der Waals surface area (Å²) in [5.74, 6) is 0.835. The van der Waals surface area contributed by atoms with E-state index in [9.17, 15) is 4.79 Å². The second kappa shape index (κ2) is 14.5. The van der Waals surface area contributed by atoms with Gasteiger partial charge in [-0.15, -0.1) is 0 Å². The average Bonchev–Trinajstić information content (AvgIpc) is 3.44. The Morgan fingerprint density at radius 3 is 2.13 bits per heavy atom. The molecule has 2 atom stereocenters. The van der Waals surface area contributed by atoms with Crippen LogP contribution in [0.4, 0.5) is 0 Å². The van der Waals surface area contributed by atoms with Crippen molar-refractivity contribution in [2.24, 2.45) is 10.4 Å². The lowest BCUT2D eigenvalue weighted by Gasteiger charge is -2.31. The molecule has 7 heteroatoms. The molecule has 45 heavy (non-hydrogen) atoms. The largest absolute Gasteiger partial charge is 0.494 e. The molecular weight excluding hydrogens is 562 g/mol. The first-order chi connectivity index (χ1) is 21.8. The first-order valence-electron chi connectivity index (χ1n) is 15.6. The number of benzene rings is 4. The molecule has 1 aliphatic rings. The van der Waals surface area contributed by atoms with Crippen molar-refractivity contribution in [3.8, 4) is 16.9 Å². The maximum atomic E-state index is 14.3. The maximum Gasteiger partial charge on any atom is 0.266 e. The molecule has 0 saturated heterocycles. The Balaban J connectivity index is 1.52. The summed E-state index contributed by atoms with van der Waals surface area (Å²) in [6.07, 6.45) is 1.12. The van der Waals surface area contributed by atoms with Gasteiger partial charge >= 0.3 is 0 Å². The van der Waals surface area contributed by atoms with Crippen LogP contribution in [-0.4, -0.2) is 42.2 Å². The number of aliphatic hydroxyl groups is 1. The number of hydrogen-bond donors (Lipinski definition) is 3. The number of carbonyl (C=O) groups is 1. The van der Waals surface area contributed by atoms with E-state index >= 15 is 0 Å². The molecule has 0 radical (unpaired) electrons. The van der Waals surface area contributed by atoms with Gasteiger partial charge < -0.3 is 14.6 Å². The van der Waals surface area contributed by atoms with Crippen molar-refractivity contribution in [2.45, 2.75) is 51.7 Å². The molecule has 4 aromatic rings. The molecule has 4 aromatic carbocycles. The molecule has 0 aliphatic carbocycles. The van der Waals surface area contributed by atoms with Gasteiger partial charge in [0.25, 0.3) is 5.91 Å². The van der Waals surface area contributed by atoms with E-state index in [-0.39, 0.29) is 17.9 Å². The molecule has 0 spiro atoms. The average molecular weight is 606 g/mol. The summed E-state index contributed by atoms with van der Waals surface area (Å²) in [4.78, 5) is 19.5. The smallest absolute Gasteiger partial charge is 0.266 e. The summed E-state index contributed by atoms with van der Waals surface area (Å²) in [7, 11) is 0. The number of nitrogens with one attached hydrogen (secondary N) is 2. The number of rotatable bonds is 13. The lowest BCUT2D eigenvalue weighted by atomic mass is 9.82. The van der Waals surface area contributed by atoms with Crippen molar-refractivity contribution in [1.29, 1.82) is 0 Å². The van der Waals surface area contributed by atoms with E-state index < -0.39 is 11.6 Å². The third-order valence-electron chi connectivity index (χ3n) is 7.87. The number of nitrogens with zero attached hydrogens (tertiary/aromatic N) is 1. The number of aliphatic hydroxyl groups excluding tert-OH is 1. The minimum Gasteiger partial charge on any atom is -0.494 e. The van der Waals surface area contributed by atoms with Crippen LogP contribution in [-0.2, 0) is 16.0 Å². The van der Waals surface area contributed by atoms with E-state index in [1.807, 2.05) is 84.9 Å². The molecule has 0 fully saturated rings. The van der Waals surface area contributed by atoms with Crippen molar-refractivity contribution in [3.63, 3.8) is 0 Å². The molecule has 3 N–H and O–H groups in total. The highest BCUT2D eigenvalue weighted by molar-refractivity contribution is 6.01. The Morgan fingerprint density at radius 1 is 0.867 bits per heavy atom. The lowest BCUT2D eigenvalue weighted by Crippen LogP contribution is -2.54. The Morgan fingerprint density at radius 2 is 1.49 bits per heavy atom. The molecule has 0 unspecified atom stereocenters. The molecule has 0 saturated carbocycles. The van der Waals surface area contributed by atoms with Gasteiger partial charge in [0.15, 0.2) is 11.6 Å². The lowest BCUT2D eigenvalue weighted by molar-refractivity contribution is -0.130. The fraction of sp³-hybridized carbons (Fsp3) is 0.316. The van der Waals surface area contributed by atoms with Gasteiger partial charge in [-0.05, 0) is 58.4 Å². The van der Waals surface area contributed by atoms with Crippen LogP contribution >= 0.6 is 0 Å². The van der Waals surface area contributed by atoms with Crippen LogP contribution < -0.4 is 15.6 Å². The van der Waals surface area contributed by atoms with Gasteiger partial charge in [-0.25, -0.2) is 10.4 Å². The molecule has 5 rings (SSSR count). The minimum absolute atomic E-state index is 0.0765. The zero-order chi connectivity index (χ0) is 31.7. The topological polar surface area (TPSA) is 92.2 Å². The molecule has 0 bridgehead atoms. The maximum absolute atomic E-state index is 14.3. The summed E-state index contributed by atoms with van der Waals surface area (Å²) < 4.78 is 12.4. The minimum atomic E-state index is -1.28. The van der Waals surface area contributed by atoms with Crippen LogP contribution in [0.1, 0.15) is 56.4 Å². The fourth-order valence-corrected chi connectivity index (χ4v) is 5.36. The van der Waals surface area contributed by atoms with Gasteiger partial charge in [0, 0.05) is 31.6 Å². The highest BCUT2D eigenvalue weighted by atomic mass is 16.5. The normalized spacial score (nSPS) is 17.8. The van der Waals surface area contributed by atoms with E-state index in [1.54, 1.807) is 0 Å². The van der Waals surface area contributed by atoms with Crippen LogP contribution in [0, 0.1) is 5.41 Å². The van der Waals surface area contributed by atoms with Crippen molar-refractivity contribution in [3.05, 3.63) is 126 Å². The molecule has 1 aliphatic heterocycles. The number of hydrogen-bond acceptors (Lipinski definition) is 6. The fourth-order valence-electron chi connectivity index (χ4n) is 5.36. The quantitative estimate of drug-likeness (QED) is 0.117. The molecule has 0 aromatic heterocycles. The number of carbonyl (C=O) groups excluding carboxylic acids is 1. The van der Waals surface area contributed by atoms with Crippen molar-refractivity contribution < 1.29 is 19.4 Å². The Hall–Kier alpha value is -4.46. The van der Waals surface area contributed by atoms with Crippen LogP contribution in [0.25, 0.3) is 11.1 Å². The molecule has 1 amide bonds. The molecule has 7 nitrogen and oxygen atoms in total. The van der Waals surface area contributed by atoms with Crippen molar-refractivity contribution in [2.75, 3.05) is 19.8 Å². The molecular formula is C38H43N3O4. The van der Waals surface area contributed by atoms with E-state index in [0.29, 0.717) is 37.6 Å². The summed E-state index contributed by atoms with van der Waals surface area (Å²) >= 11 is 0. The zero-order valence-electron chi connectivity index (χ0n) is 26.3. The van der Waals surface area contributed by atoms with Crippen LogP contribution in [0.15, 0.2) is 114 Å². The van der Waals surface area contributed by atoms with Gasteiger partial charge in [-0.1, -0.05) is 106 Å². The van der Waals surface area contributed by atoms with E-state index in [1.165, 1.54) is 0 Å². The predicted octanol–water partition coefficient (Wildman–Crippen LogP) is 6.67. The number of hydrazine groups is 1. The van der Waals surface area contributed by atoms with Gasteiger partial charge in [-0.2, -0.15) is 0 Å². The van der Waals surface area contributed by atoms with E-state index in [2.05, 4.69) is 55.9 Å². The van der Waals surface area contributed by atoms with Gasteiger partial charge in [0.1, 0.15) is 5.75 Å². The zero-order valence-corrected chi connectivity index (χ0v) is 26.3. The number of amides is 1. The summed E-state index contributed by atoms with van der Waals surface area (Å²) in [5, 5.41) is 9.08. The van der Waals surface area contributed by atoms with Gasteiger partial charge in [0.2, 0.25) is 5.90 Å². The van der Waals surface area contributed by atoms with Crippen LogP contribution in [0.5, 0.6) is 5.75 Å². The first kappa shape index (κ1) is 31.9. The van der Waals surface area contributed by atoms with Crippen LogP contribution in [0.3, 0.4) is 0 Å². The van der Waals surface area contributed by atoms with Crippen LogP contribution in [0.2, 0.25) is 0 Å². The SMILES string of the molecule is CC(C)(C)CCNNC(=O)[C@@]1(Cc2ccccc2)N=C(c2ccc(OCCCO)cc2)O[C@H]1c1ccc(-c2ccccc2)cc1. The third kappa shape index (κ3) is 8.18. The van der Waals surface area contributed by atoms with Crippen molar-refractivity contribution >= 4 is 11.8 Å². The standard InChI is InChI=1S/C38H43N3O4/c1-37(2,3)23-24-39-41-36(43)38(27-28-11-6-4-7-12-28)34(31-17-15-30(16-18-31)29-13-8-5-9-14-29)45-35(40-38)32-19-21-33(22-20-32)44-26-10-25-42/h4-9,11-22,34,39,42H,10,23-27H2,1-3H3,(H,41,43)/t34-,38-/m0/s1. The number of aliphatic imine (C=N–C) groups is 1. The number of ether oxygens (including phenoxy) is 2. The van der Waals surface area contributed by atoms with Gasteiger partial charge in [0.05, 0.1) is 6.61 Å². The Labute approximate surface area is 266 Å². The third-order valence-corrected chi connectivity index (χ3v) is 7.87. The Bertz CT molecular complexity index is 1550. The summed E-state index contributed by atoms with van der Waals surface area (Å²) in [6, 6.07) is 35.8. The second-order valence-electron chi connectivity index (χ2n) is 12.6. The highest BCUT2D eigenvalue weighted by Crippen LogP contribution is 2.43. The summed E-state index contributed by atoms with van der Waals surface area (Å²) in [6.45, 7) is 7.65. The summed E-state index contributed by atoms with van der Waals surface area (Å²) in [5.41, 5.74) is 9.78. The highest BCUT2D eigenvalue weighted by Gasteiger charge is 2.53. The first-order valence-corrected chi connectivity index (χ1v) is 15.6. The monoisotopic (exact) mass is 605 g/mol. The van der Waals surface area contributed by atoms with E-state index in [0.717, 1.165) is 34.2 Å². The predicted molar refractivity (Wildman–Crippen MR) is 179 cm³/mol. The van der Waals surface area contributed by atoms with Crippen molar-refractivity contribution in [1.82, 2.24) is 10.9 Å². The molecule has 1 heterocycles. The van der Waals surface area contributed by atoms with E-state index in [4.69, 9.17) is 19.6 Å². The van der Waals surface area contributed by atoms with Gasteiger partial charge in [-0.3, -0.25) is 10.2 Å². The second-order valence-corrected chi connectivity index (χ2v) is 12.6. The molecule has 234 valence electrons.